The van der Waals surface area contributed by atoms with Crippen molar-refractivity contribution in [1.29, 1.82) is 0 Å². The van der Waals surface area contributed by atoms with Crippen molar-refractivity contribution in [2.24, 2.45) is 0 Å². The second kappa shape index (κ2) is 6.42. The zero-order chi connectivity index (χ0) is 12.9. The molecule has 2 aliphatic rings. The lowest BCUT2D eigenvalue weighted by molar-refractivity contribution is 0.277. The summed E-state index contributed by atoms with van der Waals surface area (Å²) in [4.78, 5) is 0. The molecule has 1 saturated carbocycles. The monoisotopic (exact) mass is 259 g/mol. The van der Waals surface area contributed by atoms with E-state index in [1.165, 1.54) is 50.5 Å². The summed E-state index contributed by atoms with van der Waals surface area (Å²) in [6.07, 6.45) is 9.49. The van der Waals surface area contributed by atoms with Crippen molar-refractivity contribution >= 4 is 0 Å². The van der Waals surface area contributed by atoms with Gasteiger partial charge in [0.05, 0.1) is 0 Å². The van der Waals surface area contributed by atoms with Crippen molar-refractivity contribution < 1.29 is 4.74 Å². The highest BCUT2D eigenvalue weighted by atomic mass is 16.5. The molecule has 1 N–H and O–H groups in total. The van der Waals surface area contributed by atoms with Gasteiger partial charge in [-0.3, -0.25) is 0 Å². The largest absolute Gasteiger partial charge is 0.492 e. The summed E-state index contributed by atoms with van der Waals surface area (Å²) in [5, 5.41) is 3.46. The molecule has 1 heterocycles. The van der Waals surface area contributed by atoms with Crippen LogP contribution >= 0.6 is 0 Å². The Kier molecular flexibility index (Phi) is 4.39. The van der Waals surface area contributed by atoms with Crippen LogP contribution in [0.4, 0.5) is 0 Å². The molecule has 2 fully saturated rings. The maximum absolute atomic E-state index is 5.87. The quantitative estimate of drug-likeness (QED) is 0.886. The van der Waals surface area contributed by atoms with Gasteiger partial charge in [0.1, 0.15) is 12.4 Å². The molecule has 0 aromatic heterocycles. The molecule has 1 aromatic rings. The first-order valence-corrected chi connectivity index (χ1v) is 7.88. The molecule has 104 valence electrons. The van der Waals surface area contributed by atoms with Crippen molar-refractivity contribution in [1.82, 2.24) is 5.32 Å². The standard InChI is InChI=1S/C17H25NO/c1-2-5-14(6-3-1)15-8-10-17(11-9-15)19-13-16-7-4-12-18-16/h8-11,14,16,18H,1-7,12-13H2/t16-/m0/s1. The molecule has 1 atom stereocenters. The minimum atomic E-state index is 0.554. The predicted molar refractivity (Wildman–Crippen MR) is 78.8 cm³/mol. The summed E-state index contributed by atoms with van der Waals surface area (Å²) >= 11 is 0. The second-order valence-corrected chi connectivity index (χ2v) is 6.01. The minimum Gasteiger partial charge on any atom is -0.492 e. The van der Waals surface area contributed by atoms with E-state index in [9.17, 15) is 0 Å². The van der Waals surface area contributed by atoms with Gasteiger partial charge in [-0.25, -0.2) is 0 Å². The SMILES string of the molecule is c1cc(C2CCCCC2)ccc1OC[C@@H]1CCCN1. The Morgan fingerprint density at radius 2 is 1.74 bits per heavy atom. The normalized spacial score (nSPS) is 24.5. The van der Waals surface area contributed by atoms with Gasteiger partial charge >= 0.3 is 0 Å². The summed E-state index contributed by atoms with van der Waals surface area (Å²) < 4.78 is 5.87. The van der Waals surface area contributed by atoms with E-state index in [1.807, 2.05) is 0 Å². The van der Waals surface area contributed by atoms with Crippen LogP contribution in [0.1, 0.15) is 56.4 Å². The second-order valence-electron chi connectivity index (χ2n) is 6.01. The molecular formula is C17H25NO. The Bertz CT molecular complexity index is 375. The molecule has 0 radical (unpaired) electrons. The molecule has 1 saturated heterocycles. The van der Waals surface area contributed by atoms with Gasteiger partial charge < -0.3 is 10.1 Å². The molecular weight excluding hydrogens is 234 g/mol. The Labute approximate surface area is 116 Å². The first kappa shape index (κ1) is 13.0. The van der Waals surface area contributed by atoms with E-state index < -0.39 is 0 Å². The third kappa shape index (κ3) is 3.50. The van der Waals surface area contributed by atoms with E-state index >= 15 is 0 Å². The van der Waals surface area contributed by atoms with E-state index in [0.29, 0.717) is 6.04 Å². The first-order chi connectivity index (χ1) is 9.42. The van der Waals surface area contributed by atoms with Gasteiger partial charge in [0.15, 0.2) is 0 Å². The van der Waals surface area contributed by atoms with Crippen LogP contribution in [0, 0.1) is 0 Å². The lowest BCUT2D eigenvalue weighted by Crippen LogP contribution is -2.28. The number of ether oxygens (including phenoxy) is 1. The van der Waals surface area contributed by atoms with Gasteiger partial charge in [-0.15, -0.1) is 0 Å². The lowest BCUT2D eigenvalue weighted by Gasteiger charge is -2.22. The third-order valence-electron chi connectivity index (χ3n) is 4.57. The molecule has 2 nitrogen and oxygen atoms in total. The molecule has 1 aromatic carbocycles. The third-order valence-corrected chi connectivity index (χ3v) is 4.57. The molecule has 0 bridgehead atoms. The predicted octanol–water partition coefficient (Wildman–Crippen LogP) is 3.87. The fourth-order valence-electron chi connectivity index (χ4n) is 3.37. The lowest BCUT2D eigenvalue weighted by atomic mass is 9.84. The van der Waals surface area contributed by atoms with Crippen LogP contribution in [0.15, 0.2) is 24.3 Å². The maximum Gasteiger partial charge on any atom is 0.119 e. The summed E-state index contributed by atoms with van der Waals surface area (Å²) in [5.74, 6) is 1.81. The molecule has 0 spiro atoms. The van der Waals surface area contributed by atoms with Crippen LogP contribution < -0.4 is 10.1 Å². The number of nitrogens with one attached hydrogen (secondary N) is 1. The number of benzene rings is 1. The van der Waals surface area contributed by atoms with E-state index in [2.05, 4.69) is 29.6 Å². The minimum absolute atomic E-state index is 0.554. The Balaban J connectivity index is 1.52. The van der Waals surface area contributed by atoms with Crippen LogP contribution in [0.3, 0.4) is 0 Å². The smallest absolute Gasteiger partial charge is 0.119 e. The topological polar surface area (TPSA) is 21.3 Å². The summed E-state index contributed by atoms with van der Waals surface area (Å²) in [6, 6.07) is 9.40. The Hall–Kier alpha value is -1.02. The van der Waals surface area contributed by atoms with Crippen LogP contribution in [0.5, 0.6) is 5.75 Å². The summed E-state index contributed by atoms with van der Waals surface area (Å²) in [6.45, 7) is 1.96. The van der Waals surface area contributed by atoms with Crippen molar-refractivity contribution in [3.05, 3.63) is 29.8 Å². The molecule has 3 rings (SSSR count). The van der Waals surface area contributed by atoms with Crippen molar-refractivity contribution in [2.75, 3.05) is 13.2 Å². The van der Waals surface area contributed by atoms with Gasteiger partial charge in [0, 0.05) is 6.04 Å². The number of hydrogen-bond donors (Lipinski definition) is 1. The number of hydrogen-bond acceptors (Lipinski definition) is 2. The average molecular weight is 259 g/mol. The zero-order valence-corrected chi connectivity index (χ0v) is 11.7. The molecule has 1 aliphatic carbocycles. The van der Waals surface area contributed by atoms with Gasteiger partial charge in [-0.2, -0.15) is 0 Å². The number of rotatable bonds is 4. The fourth-order valence-corrected chi connectivity index (χ4v) is 3.37. The Morgan fingerprint density at radius 1 is 0.947 bits per heavy atom. The van der Waals surface area contributed by atoms with Crippen LogP contribution in [-0.2, 0) is 0 Å². The van der Waals surface area contributed by atoms with E-state index in [4.69, 9.17) is 4.74 Å². The van der Waals surface area contributed by atoms with Crippen LogP contribution in [0.25, 0.3) is 0 Å². The zero-order valence-electron chi connectivity index (χ0n) is 11.7. The van der Waals surface area contributed by atoms with Gasteiger partial charge in [0.2, 0.25) is 0 Å². The molecule has 19 heavy (non-hydrogen) atoms. The van der Waals surface area contributed by atoms with Crippen molar-refractivity contribution in [2.45, 2.75) is 56.9 Å². The van der Waals surface area contributed by atoms with E-state index in [-0.39, 0.29) is 0 Å². The Morgan fingerprint density at radius 3 is 2.42 bits per heavy atom. The molecule has 1 aliphatic heterocycles. The van der Waals surface area contributed by atoms with Crippen molar-refractivity contribution in [3.63, 3.8) is 0 Å². The van der Waals surface area contributed by atoms with E-state index in [1.54, 1.807) is 0 Å². The van der Waals surface area contributed by atoms with Gasteiger partial charge in [0.25, 0.3) is 0 Å². The van der Waals surface area contributed by atoms with Gasteiger partial charge in [-0.05, 0) is 55.8 Å². The van der Waals surface area contributed by atoms with Gasteiger partial charge in [-0.1, -0.05) is 31.4 Å². The average Bonchev–Trinajstić information content (AvgIpc) is 3.00. The highest BCUT2D eigenvalue weighted by molar-refractivity contribution is 5.29. The maximum atomic E-state index is 5.87. The highest BCUT2D eigenvalue weighted by Gasteiger charge is 2.16. The summed E-state index contributed by atoms with van der Waals surface area (Å²) in [7, 11) is 0. The molecule has 2 heteroatoms. The highest BCUT2D eigenvalue weighted by Crippen LogP contribution is 2.33. The fraction of sp³-hybridized carbons (Fsp3) is 0.647. The first-order valence-electron chi connectivity index (χ1n) is 7.88. The van der Waals surface area contributed by atoms with Crippen LogP contribution in [0.2, 0.25) is 0 Å². The van der Waals surface area contributed by atoms with Crippen molar-refractivity contribution in [3.8, 4) is 5.75 Å². The molecule has 0 amide bonds. The van der Waals surface area contributed by atoms with Crippen LogP contribution in [-0.4, -0.2) is 19.2 Å². The molecule has 0 unspecified atom stereocenters. The van der Waals surface area contributed by atoms with E-state index in [0.717, 1.165) is 24.8 Å². The summed E-state index contributed by atoms with van der Waals surface area (Å²) in [5.41, 5.74) is 1.51.